The number of aromatic nitrogens is 2. The van der Waals surface area contributed by atoms with Crippen LogP contribution in [0.2, 0.25) is 0 Å². The van der Waals surface area contributed by atoms with Crippen molar-refractivity contribution in [1.82, 2.24) is 9.97 Å². The second kappa shape index (κ2) is 5.63. The Bertz CT molecular complexity index is 536. The number of benzene rings is 1. The van der Waals surface area contributed by atoms with E-state index in [1.807, 2.05) is 24.3 Å². The van der Waals surface area contributed by atoms with Gasteiger partial charge in [0.05, 0.1) is 3.57 Å². The maximum absolute atomic E-state index is 5.74. The van der Waals surface area contributed by atoms with E-state index in [1.165, 1.54) is 6.33 Å². The number of hydrogen-bond acceptors (Lipinski definition) is 4. The van der Waals surface area contributed by atoms with E-state index in [9.17, 15) is 0 Å². The number of rotatable bonds is 3. The number of halogens is 2. The Balaban J connectivity index is 2.34. The van der Waals surface area contributed by atoms with Gasteiger partial charge in [-0.05, 0) is 50.7 Å². The molecule has 0 aliphatic heterocycles. The molecule has 88 valence electrons. The predicted molar refractivity (Wildman–Crippen MR) is 78.5 cm³/mol. The van der Waals surface area contributed by atoms with E-state index in [1.54, 1.807) is 7.05 Å². The maximum Gasteiger partial charge on any atom is 0.238 e. The summed E-state index contributed by atoms with van der Waals surface area (Å²) in [6, 6.07) is 7.76. The van der Waals surface area contributed by atoms with Crippen LogP contribution in [0.4, 0.5) is 5.82 Å². The number of para-hydroxylation sites is 1. The molecule has 0 unspecified atom stereocenters. The van der Waals surface area contributed by atoms with Crippen molar-refractivity contribution in [3.8, 4) is 11.6 Å². The van der Waals surface area contributed by atoms with Gasteiger partial charge in [-0.15, -0.1) is 0 Å². The lowest BCUT2D eigenvalue weighted by Gasteiger charge is -2.09. The summed E-state index contributed by atoms with van der Waals surface area (Å²) in [6.45, 7) is 0. The Kier molecular flexibility index (Phi) is 4.16. The normalized spacial score (nSPS) is 10.1. The molecule has 2 aromatic rings. The van der Waals surface area contributed by atoms with Crippen LogP contribution in [0.1, 0.15) is 0 Å². The summed E-state index contributed by atoms with van der Waals surface area (Å²) >= 11 is 5.63. The van der Waals surface area contributed by atoms with E-state index in [-0.39, 0.29) is 0 Å². The van der Waals surface area contributed by atoms with Crippen LogP contribution < -0.4 is 10.1 Å². The molecule has 0 saturated heterocycles. The first kappa shape index (κ1) is 12.6. The molecule has 1 aromatic heterocycles. The zero-order valence-corrected chi connectivity index (χ0v) is 12.7. The number of nitrogens with zero attached hydrogens (tertiary/aromatic N) is 2. The molecule has 0 atom stereocenters. The van der Waals surface area contributed by atoms with Crippen LogP contribution in [0.25, 0.3) is 0 Å². The molecular formula is C11H9BrIN3O. The standard InChI is InChI=1S/C11H9BrIN3O/c1-14-10-9(12)11(16-6-15-10)17-8-5-3-2-4-7(8)13/h2-6H,1H3,(H,14,15,16). The molecule has 0 bridgehead atoms. The molecule has 1 N–H and O–H groups in total. The minimum atomic E-state index is 0.494. The van der Waals surface area contributed by atoms with E-state index in [0.717, 1.165) is 9.32 Å². The van der Waals surface area contributed by atoms with Gasteiger partial charge in [0.2, 0.25) is 5.88 Å². The monoisotopic (exact) mass is 405 g/mol. The summed E-state index contributed by atoms with van der Waals surface area (Å²) in [7, 11) is 1.79. The summed E-state index contributed by atoms with van der Waals surface area (Å²) in [5, 5.41) is 2.96. The topological polar surface area (TPSA) is 47.0 Å². The van der Waals surface area contributed by atoms with Gasteiger partial charge in [-0.25, -0.2) is 9.97 Å². The second-order valence-electron chi connectivity index (χ2n) is 3.12. The highest BCUT2D eigenvalue weighted by Crippen LogP contribution is 2.33. The van der Waals surface area contributed by atoms with Gasteiger partial charge >= 0.3 is 0 Å². The van der Waals surface area contributed by atoms with Crippen molar-refractivity contribution in [1.29, 1.82) is 0 Å². The third-order valence-electron chi connectivity index (χ3n) is 2.04. The highest BCUT2D eigenvalue weighted by Gasteiger charge is 2.10. The minimum Gasteiger partial charge on any atom is -0.437 e. The lowest BCUT2D eigenvalue weighted by atomic mass is 10.3. The molecule has 1 aromatic carbocycles. The van der Waals surface area contributed by atoms with Crippen LogP contribution in [-0.2, 0) is 0 Å². The van der Waals surface area contributed by atoms with E-state index in [2.05, 4.69) is 53.8 Å². The smallest absolute Gasteiger partial charge is 0.238 e. The van der Waals surface area contributed by atoms with Crippen LogP contribution in [0.15, 0.2) is 35.1 Å². The van der Waals surface area contributed by atoms with Gasteiger partial charge in [0, 0.05) is 7.05 Å². The minimum absolute atomic E-state index is 0.494. The average Bonchev–Trinajstić information content (AvgIpc) is 2.34. The van der Waals surface area contributed by atoms with Gasteiger partial charge in [-0.3, -0.25) is 0 Å². The molecule has 0 spiro atoms. The Hall–Kier alpha value is -0.890. The van der Waals surface area contributed by atoms with Crippen molar-refractivity contribution in [3.63, 3.8) is 0 Å². The highest BCUT2D eigenvalue weighted by atomic mass is 127. The number of anilines is 1. The van der Waals surface area contributed by atoms with Crippen LogP contribution in [-0.4, -0.2) is 17.0 Å². The van der Waals surface area contributed by atoms with Gasteiger partial charge in [-0.1, -0.05) is 12.1 Å². The molecule has 0 amide bonds. The van der Waals surface area contributed by atoms with Gasteiger partial charge < -0.3 is 10.1 Å². The van der Waals surface area contributed by atoms with Gasteiger partial charge in [0.15, 0.2) is 0 Å². The first-order chi connectivity index (χ1) is 8.22. The van der Waals surface area contributed by atoms with Crippen molar-refractivity contribution < 1.29 is 4.74 Å². The van der Waals surface area contributed by atoms with Crippen molar-refractivity contribution in [3.05, 3.63) is 38.6 Å². The second-order valence-corrected chi connectivity index (χ2v) is 5.08. The highest BCUT2D eigenvalue weighted by molar-refractivity contribution is 14.1. The fraction of sp³-hybridized carbons (Fsp3) is 0.0909. The molecule has 6 heteroatoms. The fourth-order valence-electron chi connectivity index (χ4n) is 1.23. The lowest BCUT2D eigenvalue weighted by Crippen LogP contribution is -1.98. The molecule has 0 aliphatic rings. The van der Waals surface area contributed by atoms with Crippen molar-refractivity contribution >= 4 is 44.3 Å². The van der Waals surface area contributed by atoms with Crippen molar-refractivity contribution in [2.24, 2.45) is 0 Å². The third-order valence-corrected chi connectivity index (χ3v) is 3.64. The predicted octanol–water partition coefficient (Wildman–Crippen LogP) is 3.68. The zero-order chi connectivity index (χ0) is 12.3. The SMILES string of the molecule is CNc1ncnc(Oc2ccccc2I)c1Br. The van der Waals surface area contributed by atoms with Crippen LogP contribution in [0.5, 0.6) is 11.6 Å². The Morgan fingerprint density at radius 1 is 1.29 bits per heavy atom. The van der Waals surface area contributed by atoms with Crippen molar-refractivity contribution in [2.45, 2.75) is 0 Å². The summed E-state index contributed by atoms with van der Waals surface area (Å²) in [5.41, 5.74) is 0. The van der Waals surface area contributed by atoms with E-state index < -0.39 is 0 Å². The average molecular weight is 406 g/mol. The zero-order valence-electron chi connectivity index (χ0n) is 8.95. The quantitative estimate of drug-likeness (QED) is 0.791. The van der Waals surface area contributed by atoms with E-state index in [4.69, 9.17) is 4.74 Å². The number of ether oxygens (including phenoxy) is 1. The maximum atomic E-state index is 5.74. The Labute approximate surface area is 121 Å². The fourth-order valence-corrected chi connectivity index (χ4v) is 2.21. The third kappa shape index (κ3) is 2.86. The Morgan fingerprint density at radius 3 is 2.76 bits per heavy atom. The first-order valence-corrected chi connectivity index (χ1v) is 6.70. The molecule has 1 heterocycles. The van der Waals surface area contributed by atoms with E-state index >= 15 is 0 Å². The largest absolute Gasteiger partial charge is 0.437 e. The lowest BCUT2D eigenvalue weighted by molar-refractivity contribution is 0.455. The molecule has 4 nitrogen and oxygen atoms in total. The molecule has 0 radical (unpaired) electrons. The van der Waals surface area contributed by atoms with E-state index in [0.29, 0.717) is 16.2 Å². The van der Waals surface area contributed by atoms with Gasteiger partial charge in [0.25, 0.3) is 0 Å². The van der Waals surface area contributed by atoms with Gasteiger partial charge in [0.1, 0.15) is 22.4 Å². The molecular weight excluding hydrogens is 397 g/mol. The molecule has 0 aliphatic carbocycles. The summed E-state index contributed by atoms with van der Waals surface area (Å²) in [6.07, 6.45) is 1.46. The van der Waals surface area contributed by atoms with Crippen LogP contribution in [0, 0.1) is 3.57 Å². The molecule has 2 rings (SSSR count). The Morgan fingerprint density at radius 2 is 2.06 bits per heavy atom. The van der Waals surface area contributed by atoms with Gasteiger partial charge in [-0.2, -0.15) is 0 Å². The number of nitrogens with one attached hydrogen (secondary N) is 1. The number of hydrogen-bond donors (Lipinski definition) is 1. The summed E-state index contributed by atoms with van der Waals surface area (Å²) in [5.74, 6) is 1.96. The first-order valence-electron chi connectivity index (χ1n) is 4.83. The van der Waals surface area contributed by atoms with Crippen LogP contribution >= 0.6 is 38.5 Å². The molecule has 17 heavy (non-hydrogen) atoms. The summed E-state index contributed by atoms with van der Waals surface area (Å²) < 4.78 is 7.48. The van der Waals surface area contributed by atoms with Crippen LogP contribution in [0.3, 0.4) is 0 Å². The molecule has 0 saturated carbocycles. The molecule has 0 fully saturated rings. The summed E-state index contributed by atoms with van der Waals surface area (Å²) in [4.78, 5) is 8.17. The van der Waals surface area contributed by atoms with Crippen molar-refractivity contribution in [2.75, 3.05) is 12.4 Å².